The third kappa shape index (κ3) is 3.73. The highest BCUT2D eigenvalue weighted by Gasteiger charge is 2.45. The number of piperidine rings is 1. The molecular weight excluding hydrogens is 294 g/mol. The molecule has 0 unspecified atom stereocenters. The van der Waals surface area contributed by atoms with Crippen molar-refractivity contribution < 1.29 is 9.47 Å². The molecule has 0 N–H and O–H groups in total. The van der Waals surface area contributed by atoms with Gasteiger partial charge in [0.1, 0.15) is 0 Å². The van der Waals surface area contributed by atoms with Gasteiger partial charge in [-0.2, -0.15) is 0 Å². The van der Waals surface area contributed by atoms with Gasteiger partial charge in [-0.25, -0.2) is 0 Å². The first-order valence-corrected chi connectivity index (χ1v) is 9.53. The van der Waals surface area contributed by atoms with Crippen LogP contribution in [0, 0.1) is 12.8 Å². The zero-order valence-electron chi connectivity index (χ0n) is 14.0. The third-order valence-electron chi connectivity index (χ3n) is 5.29. The predicted molar refractivity (Wildman–Crippen MR) is 91.5 cm³/mol. The Kier molecular flexibility index (Phi) is 5.55. The van der Waals surface area contributed by atoms with Gasteiger partial charge in [0.05, 0.1) is 5.60 Å². The summed E-state index contributed by atoms with van der Waals surface area (Å²) in [5.74, 6) is 0.699. The monoisotopic (exact) mass is 323 g/mol. The number of aryl methyl sites for hydroxylation is 1. The molecule has 1 aromatic heterocycles. The van der Waals surface area contributed by atoms with Crippen LogP contribution in [0.25, 0.3) is 0 Å². The number of nitrogens with zero attached hydrogens (tertiary/aromatic N) is 1. The van der Waals surface area contributed by atoms with Gasteiger partial charge in [0, 0.05) is 49.2 Å². The largest absolute Gasteiger partial charge is 0.382 e. The molecule has 0 amide bonds. The maximum Gasteiger partial charge on any atom is 0.0736 e. The van der Waals surface area contributed by atoms with Crippen LogP contribution in [0.15, 0.2) is 12.1 Å². The Balaban J connectivity index is 1.51. The highest BCUT2D eigenvalue weighted by atomic mass is 32.1. The van der Waals surface area contributed by atoms with Crippen LogP contribution in [-0.4, -0.2) is 43.4 Å². The van der Waals surface area contributed by atoms with E-state index >= 15 is 0 Å². The molecule has 4 heteroatoms. The van der Waals surface area contributed by atoms with Crippen molar-refractivity contribution in [2.24, 2.45) is 5.92 Å². The molecule has 124 valence electrons. The maximum atomic E-state index is 6.25. The highest BCUT2D eigenvalue weighted by molar-refractivity contribution is 7.11. The summed E-state index contributed by atoms with van der Waals surface area (Å²) >= 11 is 1.93. The van der Waals surface area contributed by atoms with Crippen LogP contribution in [-0.2, 0) is 16.0 Å². The van der Waals surface area contributed by atoms with Gasteiger partial charge in [-0.15, -0.1) is 11.3 Å². The molecule has 3 nitrogen and oxygen atoms in total. The van der Waals surface area contributed by atoms with Crippen LogP contribution >= 0.6 is 11.3 Å². The van der Waals surface area contributed by atoms with E-state index in [1.165, 1.54) is 42.1 Å². The van der Waals surface area contributed by atoms with Crippen molar-refractivity contribution in [3.8, 4) is 0 Å². The van der Waals surface area contributed by atoms with E-state index in [1.807, 2.05) is 11.3 Å². The highest BCUT2D eigenvalue weighted by Crippen LogP contribution is 2.42. The van der Waals surface area contributed by atoms with Crippen molar-refractivity contribution in [3.05, 3.63) is 21.9 Å². The lowest BCUT2D eigenvalue weighted by Gasteiger charge is -2.42. The summed E-state index contributed by atoms with van der Waals surface area (Å²) in [4.78, 5) is 5.50. The molecule has 0 radical (unpaired) electrons. The fourth-order valence-corrected chi connectivity index (χ4v) is 4.93. The van der Waals surface area contributed by atoms with E-state index in [1.54, 1.807) is 0 Å². The second-order valence-corrected chi connectivity index (χ2v) is 8.05. The van der Waals surface area contributed by atoms with Crippen LogP contribution in [0.1, 0.15) is 42.4 Å². The number of hydrogen-bond acceptors (Lipinski definition) is 4. The SMILES string of the molecule is CCOCC[C@H]1CCOC12CCN(Cc1ccc(C)s1)CC2. The van der Waals surface area contributed by atoms with Gasteiger partial charge in [0.25, 0.3) is 0 Å². The summed E-state index contributed by atoms with van der Waals surface area (Å²) in [7, 11) is 0. The summed E-state index contributed by atoms with van der Waals surface area (Å²) in [6, 6.07) is 4.51. The van der Waals surface area contributed by atoms with Crippen LogP contribution in [0.2, 0.25) is 0 Å². The number of hydrogen-bond donors (Lipinski definition) is 0. The molecule has 2 fully saturated rings. The lowest BCUT2D eigenvalue weighted by Crippen LogP contribution is -2.47. The van der Waals surface area contributed by atoms with Gasteiger partial charge in [-0.1, -0.05) is 0 Å². The molecule has 3 heterocycles. The molecule has 0 aromatic carbocycles. The molecule has 2 aliphatic rings. The van der Waals surface area contributed by atoms with Gasteiger partial charge in [-0.3, -0.25) is 4.90 Å². The average molecular weight is 324 g/mol. The standard InChI is InChI=1S/C18H29NO2S/c1-3-20-12-6-16-7-13-21-18(16)8-10-19(11-9-18)14-17-5-4-15(2)22-17/h4-5,16H,3,6-14H2,1-2H3/t16-/m0/s1. The zero-order chi connectivity index (χ0) is 15.4. The Morgan fingerprint density at radius 2 is 2.18 bits per heavy atom. The lowest BCUT2D eigenvalue weighted by molar-refractivity contribution is -0.0726. The van der Waals surface area contributed by atoms with Crippen molar-refractivity contribution in [1.29, 1.82) is 0 Å². The number of thiophene rings is 1. The molecule has 1 spiro atoms. The summed E-state index contributed by atoms with van der Waals surface area (Å²) in [6.45, 7) is 10.4. The van der Waals surface area contributed by atoms with E-state index in [0.29, 0.717) is 5.92 Å². The van der Waals surface area contributed by atoms with Gasteiger partial charge < -0.3 is 9.47 Å². The zero-order valence-corrected chi connectivity index (χ0v) is 14.8. The van der Waals surface area contributed by atoms with Crippen LogP contribution < -0.4 is 0 Å². The first-order chi connectivity index (χ1) is 10.7. The number of ether oxygens (including phenoxy) is 2. The molecule has 1 aromatic rings. The summed E-state index contributed by atoms with van der Waals surface area (Å²) in [6.07, 6.45) is 4.76. The van der Waals surface area contributed by atoms with E-state index in [9.17, 15) is 0 Å². The normalized spacial score (nSPS) is 25.1. The molecule has 0 bridgehead atoms. The molecule has 0 aliphatic carbocycles. The quantitative estimate of drug-likeness (QED) is 0.742. The van der Waals surface area contributed by atoms with Crippen molar-refractivity contribution in [3.63, 3.8) is 0 Å². The lowest BCUT2D eigenvalue weighted by atomic mass is 9.78. The van der Waals surface area contributed by atoms with Crippen molar-refractivity contribution in [1.82, 2.24) is 4.90 Å². The summed E-state index contributed by atoms with van der Waals surface area (Å²) < 4.78 is 11.8. The van der Waals surface area contributed by atoms with E-state index < -0.39 is 0 Å². The van der Waals surface area contributed by atoms with Crippen LogP contribution in [0.4, 0.5) is 0 Å². The minimum absolute atomic E-state index is 0.152. The van der Waals surface area contributed by atoms with E-state index in [-0.39, 0.29) is 5.60 Å². The molecule has 1 atom stereocenters. The minimum Gasteiger partial charge on any atom is -0.382 e. The van der Waals surface area contributed by atoms with Crippen molar-refractivity contribution in [2.75, 3.05) is 32.9 Å². The van der Waals surface area contributed by atoms with Crippen molar-refractivity contribution >= 4 is 11.3 Å². The number of rotatable bonds is 6. The van der Waals surface area contributed by atoms with Gasteiger partial charge >= 0.3 is 0 Å². The van der Waals surface area contributed by atoms with E-state index in [4.69, 9.17) is 9.47 Å². The Morgan fingerprint density at radius 3 is 2.86 bits per heavy atom. The van der Waals surface area contributed by atoms with Gasteiger partial charge in [-0.05, 0) is 57.6 Å². The van der Waals surface area contributed by atoms with Gasteiger partial charge in [0.2, 0.25) is 0 Å². The van der Waals surface area contributed by atoms with Gasteiger partial charge in [0.15, 0.2) is 0 Å². The minimum atomic E-state index is 0.152. The predicted octanol–water partition coefficient (Wildman–Crippen LogP) is 3.85. The van der Waals surface area contributed by atoms with Crippen LogP contribution in [0.5, 0.6) is 0 Å². The molecule has 0 saturated carbocycles. The second kappa shape index (κ2) is 7.43. The average Bonchev–Trinajstić information content (AvgIpc) is 3.09. The van der Waals surface area contributed by atoms with Crippen LogP contribution in [0.3, 0.4) is 0 Å². The second-order valence-electron chi connectivity index (χ2n) is 6.67. The van der Waals surface area contributed by atoms with E-state index in [2.05, 4.69) is 30.9 Å². The molecule has 2 aliphatic heterocycles. The molecule has 2 saturated heterocycles. The Hall–Kier alpha value is -0.420. The maximum absolute atomic E-state index is 6.25. The van der Waals surface area contributed by atoms with Crippen molar-refractivity contribution in [2.45, 2.75) is 51.7 Å². The number of likely N-dealkylation sites (tertiary alicyclic amines) is 1. The first kappa shape index (κ1) is 16.4. The Morgan fingerprint density at radius 1 is 1.36 bits per heavy atom. The summed E-state index contributed by atoms with van der Waals surface area (Å²) in [5.41, 5.74) is 0.152. The Labute approximate surface area is 138 Å². The topological polar surface area (TPSA) is 21.7 Å². The first-order valence-electron chi connectivity index (χ1n) is 8.71. The molecule has 22 heavy (non-hydrogen) atoms. The van der Waals surface area contributed by atoms with E-state index in [0.717, 1.165) is 32.8 Å². The summed E-state index contributed by atoms with van der Waals surface area (Å²) in [5, 5.41) is 0. The molecular formula is C18H29NO2S. The fourth-order valence-electron chi connectivity index (χ4n) is 4.00. The smallest absolute Gasteiger partial charge is 0.0736 e. The molecule has 3 rings (SSSR count). The Bertz CT molecular complexity index is 465. The fraction of sp³-hybridized carbons (Fsp3) is 0.778. The third-order valence-corrected chi connectivity index (χ3v) is 6.28.